The van der Waals surface area contributed by atoms with E-state index in [2.05, 4.69) is 5.10 Å². The van der Waals surface area contributed by atoms with Gasteiger partial charge in [0.05, 0.1) is 12.6 Å². The third-order valence-corrected chi connectivity index (χ3v) is 2.42. The lowest BCUT2D eigenvalue weighted by Gasteiger charge is -2.01. The molecule has 0 amide bonds. The number of hydrogen-bond donors (Lipinski definition) is 0. The SMILES string of the molecule is COc1nn2ccccc2c1C1=COCO1. The molecule has 0 aromatic carbocycles. The highest BCUT2D eigenvalue weighted by Crippen LogP contribution is 2.32. The van der Waals surface area contributed by atoms with Crippen molar-refractivity contribution in [3.63, 3.8) is 0 Å². The fourth-order valence-corrected chi connectivity index (χ4v) is 1.72. The van der Waals surface area contributed by atoms with Crippen LogP contribution in [0.5, 0.6) is 5.88 Å². The standard InChI is InChI=1S/C11H10N2O3/c1-14-11-10(9-6-15-7-16-9)8-4-2-3-5-13(8)12-11/h2-6H,7H2,1H3. The molecule has 0 aliphatic carbocycles. The third kappa shape index (κ3) is 1.21. The molecule has 5 heteroatoms. The Morgan fingerprint density at radius 1 is 1.44 bits per heavy atom. The average Bonchev–Trinajstić information content (AvgIpc) is 2.94. The summed E-state index contributed by atoms with van der Waals surface area (Å²) in [5, 5.41) is 4.29. The quantitative estimate of drug-likeness (QED) is 0.768. The number of rotatable bonds is 2. The van der Waals surface area contributed by atoms with Crippen molar-refractivity contribution in [1.82, 2.24) is 9.61 Å². The minimum Gasteiger partial charge on any atom is -0.479 e. The highest BCUT2D eigenvalue weighted by molar-refractivity contribution is 5.78. The molecule has 0 radical (unpaired) electrons. The van der Waals surface area contributed by atoms with Gasteiger partial charge in [-0.05, 0) is 12.1 Å². The zero-order valence-electron chi connectivity index (χ0n) is 8.71. The van der Waals surface area contributed by atoms with Crippen LogP contribution in [0.1, 0.15) is 5.56 Å². The monoisotopic (exact) mass is 218 g/mol. The number of hydrogen-bond acceptors (Lipinski definition) is 4. The van der Waals surface area contributed by atoms with Gasteiger partial charge in [0.2, 0.25) is 12.7 Å². The summed E-state index contributed by atoms with van der Waals surface area (Å²) in [5.74, 6) is 1.18. The predicted molar refractivity (Wildman–Crippen MR) is 56.8 cm³/mol. The Bertz CT molecular complexity index is 559. The number of nitrogens with zero attached hydrogens (tertiary/aromatic N) is 2. The highest BCUT2D eigenvalue weighted by Gasteiger charge is 2.21. The van der Waals surface area contributed by atoms with Crippen molar-refractivity contribution in [1.29, 1.82) is 0 Å². The van der Waals surface area contributed by atoms with Crippen LogP contribution in [0.15, 0.2) is 30.7 Å². The molecule has 82 valence electrons. The maximum absolute atomic E-state index is 5.35. The van der Waals surface area contributed by atoms with Crippen LogP contribution in [-0.4, -0.2) is 23.5 Å². The van der Waals surface area contributed by atoms with Crippen molar-refractivity contribution in [2.45, 2.75) is 0 Å². The zero-order chi connectivity index (χ0) is 11.0. The van der Waals surface area contributed by atoms with E-state index in [-0.39, 0.29) is 6.79 Å². The summed E-state index contributed by atoms with van der Waals surface area (Å²) in [6.07, 6.45) is 3.43. The number of fused-ring (bicyclic) bond motifs is 1. The number of aromatic nitrogens is 2. The van der Waals surface area contributed by atoms with Gasteiger partial charge in [0.25, 0.3) is 0 Å². The van der Waals surface area contributed by atoms with E-state index in [9.17, 15) is 0 Å². The summed E-state index contributed by atoms with van der Waals surface area (Å²) >= 11 is 0. The lowest BCUT2D eigenvalue weighted by atomic mass is 10.2. The molecule has 0 saturated heterocycles. The van der Waals surface area contributed by atoms with Gasteiger partial charge < -0.3 is 14.2 Å². The van der Waals surface area contributed by atoms with E-state index < -0.39 is 0 Å². The van der Waals surface area contributed by atoms with Crippen LogP contribution in [0.3, 0.4) is 0 Å². The van der Waals surface area contributed by atoms with Crippen LogP contribution >= 0.6 is 0 Å². The molecule has 2 aromatic rings. The fraction of sp³-hybridized carbons (Fsp3) is 0.182. The molecule has 0 N–H and O–H groups in total. The summed E-state index contributed by atoms with van der Waals surface area (Å²) in [7, 11) is 1.58. The first kappa shape index (κ1) is 9.08. The van der Waals surface area contributed by atoms with Crippen molar-refractivity contribution in [3.8, 4) is 5.88 Å². The normalized spacial score (nSPS) is 14.4. The molecule has 5 nitrogen and oxygen atoms in total. The van der Waals surface area contributed by atoms with Crippen molar-refractivity contribution in [3.05, 3.63) is 36.2 Å². The Hall–Kier alpha value is -2.17. The van der Waals surface area contributed by atoms with Gasteiger partial charge in [-0.25, -0.2) is 4.52 Å². The smallest absolute Gasteiger partial charge is 0.244 e. The van der Waals surface area contributed by atoms with Crippen molar-refractivity contribution in [2.75, 3.05) is 13.9 Å². The lowest BCUT2D eigenvalue weighted by Crippen LogP contribution is -1.90. The second kappa shape index (κ2) is 3.44. The van der Waals surface area contributed by atoms with Crippen LogP contribution in [0, 0.1) is 0 Å². The molecule has 0 unspecified atom stereocenters. The molecule has 0 atom stereocenters. The maximum atomic E-state index is 5.35. The van der Waals surface area contributed by atoms with E-state index in [1.807, 2.05) is 24.4 Å². The summed E-state index contributed by atoms with van der Waals surface area (Å²) in [5.41, 5.74) is 1.75. The first-order valence-electron chi connectivity index (χ1n) is 4.86. The Morgan fingerprint density at radius 3 is 3.12 bits per heavy atom. The average molecular weight is 218 g/mol. The molecule has 1 aliphatic heterocycles. The Labute approximate surface area is 91.8 Å². The zero-order valence-corrected chi connectivity index (χ0v) is 8.71. The molecule has 0 saturated carbocycles. The topological polar surface area (TPSA) is 45.0 Å². The Morgan fingerprint density at radius 2 is 2.38 bits per heavy atom. The molecule has 0 fully saturated rings. The van der Waals surface area contributed by atoms with E-state index in [1.165, 1.54) is 0 Å². The van der Waals surface area contributed by atoms with Gasteiger partial charge >= 0.3 is 0 Å². The summed E-state index contributed by atoms with van der Waals surface area (Å²) in [6.45, 7) is 0.239. The Balaban J connectivity index is 2.27. The second-order valence-corrected chi connectivity index (χ2v) is 3.33. The number of ether oxygens (including phenoxy) is 3. The largest absolute Gasteiger partial charge is 0.479 e. The number of methoxy groups -OCH3 is 1. The van der Waals surface area contributed by atoms with E-state index in [0.29, 0.717) is 11.6 Å². The van der Waals surface area contributed by atoms with E-state index in [0.717, 1.165) is 11.1 Å². The van der Waals surface area contributed by atoms with Gasteiger partial charge in [-0.1, -0.05) is 6.07 Å². The minimum absolute atomic E-state index is 0.239. The summed E-state index contributed by atoms with van der Waals surface area (Å²) in [6, 6.07) is 5.80. The van der Waals surface area contributed by atoms with E-state index in [1.54, 1.807) is 17.9 Å². The summed E-state index contributed by atoms with van der Waals surface area (Å²) in [4.78, 5) is 0. The minimum atomic E-state index is 0.239. The fourth-order valence-electron chi connectivity index (χ4n) is 1.72. The lowest BCUT2D eigenvalue weighted by molar-refractivity contribution is 0.100. The van der Waals surface area contributed by atoms with Gasteiger partial charge in [0.1, 0.15) is 11.8 Å². The van der Waals surface area contributed by atoms with E-state index >= 15 is 0 Å². The van der Waals surface area contributed by atoms with Crippen LogP contribution < -0.4 is 4.74 Å². The third-order valence-electron chi connectivity index (χ3n) is 2.42. The molecule has 2 aromatic heterocycles. The van der Waals surface area contributed by atoms with E-state index in [4.69, 9.17) is 14.2 Å². The molecule has 3 heterocycles. The van der Waals surface area contributed by atoms with Gasteiger partial charge in [0.15, 0.2) is 5.76 Å². The van der Waals surface area contributed by atoms with Crippen LogP contribution in [0.2, 0.25) is 0 Å². The Kier molecular flexibility index (Phi) is 1.96. The molecule has 16 heavy (non-hydrogen) atoms. The van der Waals surface area contributed by atoms with Crippen LogP contribution in [0.25, 0.3) is 11.3 Å². The molecule has 0 spiro atoms. The van der Waals surface area contributed by atoms with Crippen LogP contribution in [-0.2, 0) is 9.47 Å². The molecule has 3 rings (SSSR count). The van der Waals surface area contributed by atoms with Crippen molar-refractivity contribution in [2.24, 2.45) is 0 Å². The molecule has 1 aliphatic rings. The second-order valence-electron chi connectivity index (χ2n) is 3.33. The molecular weight excluding hydrogens is 208 g/mol. The summed E-state index contributed by atoms with van der Waals surface area (Å²) < 4.78 is 17.4. The maximum Gasteiger partial charge on any atom is 0.244 e. The first-order valence-corrected chi connectivity index (χ1v) is 4.86. The van der Waals surface area contributed by atoms with Gasteiger partial charge in [-0.2, -0.15) is 0 Å². The van der Waals surface area contributed by atoms with Crippen molar-refractivity contribution < 1.29 is 14.2 Å². The highest BCUT2D eigenvalue weighted by atomic mass is 16.7. The molecule has 0 bridgehead atoms. The van der Waals surface area contributed by atoms with Gasteiger partial charge in [0, 0.05) is 6.20 Å². The molecular formula is C11H10N2O3. The van der Waals surface area contributed by atoms with Gasteiger partial charge in [-0.15, -0.1) is 5.10 Å². The van der Waals surface area contributed by atoms with Crippen molar-refractivity contribution >= 4 is 11.3 Å². The first-order chi connectivity index (χ1) is 7.90. The van der Waals surface area contributed by atoms with Crippen LogP contribution in [0.4, 0.5) is 0 Å². The predicted octanol–water partition coefficient (Wildman–Crippen LogP) is 1.65. The van der Waals surface area contributed by atoms with Gasteiger partial charge in [-0.3, -0.25) is 0 Å². The number of pyridine rings is 1.